The van der Waals surface area contributed by atoms with Crippen molar-refractivity contribution in [2.75, 3.05) is 17.6 Å². The lowest BCUT2D eigenvalue weighted by Crippen LogP contribution is -2.34. The number of para-hydroxylation sites is 1. The molecule has 0 spiro atoms. The highest BCUT2D eigenvalue weighted by atomic mass is 79.9. The largest absolute Gasteiger partial charge is 0.346 e. The lowest BCUT2D eigenvalue weighted by Gasteiger charge is -2.11. The number of nitrogens with zero attached hydrogens (tertiary/aromatic N) is 2. The van der Waals surface area contributed by atoms with Crippen molar-refractivity contribution < 1.29 is 9.59 Å². The maximum absolute atomic E-state index is 12.2. The molecule has 0 unspecified atom stereocenters. The van der Waals surface area contributed by atoms with Gasteiger partial charge in [0.05, 0.1) is 18.0 Å². The monoisotopic (exact) mass is 472 g/mol. The molecule has 0 aliphatic heterocycles. The molecular weight excluding hydrogens is 452 g/mol. The summed E-state index contributed by atoms with van der Waals surface area (Å²) in [6, 6.07) is 13.6. The lowest BCUT2D eigenvalue weighted by atomic mass is 10.2. The zero-order chi connectivity index (χ0) is 20.8. The maximum atomic E-state index is 12.2. The zero-order valence-electron chi connectivity index (χ0n) is 16.1. The van der Waals surface area contributed by atoms with Crippen LogP contribution in [0.4, 0.5) is 5.69 Å². The second-order valence-electron chi connectivity index (χ2n) is 6.44. The number of carbonyl (C=O) groups excluding carboxylic acids is 2. The molecular formula is C21H21BrN4O2S. The first kappa shape index (κ1) is 21.1. The third-order valence-electron chi connectivity index (χ3n) is 4.22. The van der Waals surface area contributed by atoms with Crippen molar-refractivity contribution >= 4 is 45.2 Å². The van der Waals surface area contributed by atoms with E-state index in [1.165, 1.54) is 11.8 Å². The predicted molar refractivity (Wildman–Crippen MR) is 120 cm³/mol. The third-order valence-corrected chi connectivity index (χ3v) is 5.68. The average molecular weight is 473 g/mol. The van der Waals surface area contributed by atoms with Gasteiger partial charge in [0, 0.05) is 22.6 Å². The molecule has 8 heteroatoms. The Morgan fingerprint density at radius 2 is 1.90 bits per heavy atom. The molecule has 0 radical (unpaired) electrons. The van der Waals surface area contributed by atoms with Gasteiger partial charge in [0.25, 0.3) is 0 Å². The van der Waals surface area contributed by atoms with Gasteiger partial charge in [-0.15, -0.1) is 0 Å². The Bertz CT molecular complexity index is 1040. The number of aromatic nitrogens is 2. The summed E-state index contributed by atoms with van der Waals surface area (Å²) in [5.41, 5.74) is 3.81. The molecule has 2 N–H and O–H groups in total. The molecule has 0 bridgehead atoms. The molecule has 3 aromatic rings. The lowest BCUT2D eigenvalue weighted by molar-refractivity contribution is -0.122. The number of rotatable bonds is 7. The van der Waals surface area contributed by atoms with Gasteiger partial charge in [0.15, 0.2) is 5.16 Å². The van der Waals surface area contributed by atoms with Crippen LogP contribution in [0.3, 0.4) is 0 Å². The molecule has 0 fully saturated rings. The minimum atomic E-state index is -0.268. The molecule has 6 nitrogen and oxygen atoms in total. The Kier molecular flexibility index (Phi) is 7.11. The summed E-state index contributed by atoms with van der Waals surface area (Å²) in [6.45, 7) is 3.86. The number of benzene rings is 2. The molecule has 1 heterocycles. The van der Waals surface area contributed by atoms with Gasteiger partial charge >= 0.3 is 0 Å². The highest BCUT2D eigenvalue weighted by molar-refractivity contribution is 9.10. The van der Waals surface area contributed by atoms with Gasteiger partial charge in [-0.05, 0) is 49.2 Å². The maximum Gasteiger partial charge on any atom is 0.243 e. The van der Waals surface area contributed by atoms with E-state index in [0.29, 0.717) is 0 Å². The topological polar surface area (TPSA) is 76.0 Å². The van der Waals surface area contributed by atoms with Gasteiger partial charge in [0.1, 0.15) is 0 Å². The summed E-state index contributed by atoms with van der Waals surface area (Å²) in [5, 5.41) is 6.18. The Balaban J connectivity index is 1.50. The van der Waals surface area contributed by atoms with E-state index >= 15 is 0 Å². The van der Waals surface area contributed by atoms with Crippen molar-refractivity contribution in [1.29, 1.82) is 0 Å². The van der Waals surface area contributed by atoms with Gasteiger partial charge in [-0.2, -0.15) is 0 Å². The van der Waals surface area contributed by atoms with Gasteiger partial charge < -0.3 is 10.6 Å². The van der Waals surface area contributed by atoms with Gasteiger partial charge in [0.2, 0.25) is 11.8 Å². The minimum Gasteiger partial charge on any atom is -0.346 e. The number of nitrogens with one attached hydrogen (secondary N) is 2. The van der Waals surface area contributed by atoms with Crippen LogP contribution in [0.25, 0.3) is 5.69 Å². The number of anilines is 1. The number of carbonyl (C=O) groups is 2. The van der Waals surface area contributed by atoms with Crippen LogP contribution >= 0.6 is 27.7 Å². The van der Waals surface area contributed by atoms with E-state index in [1.807, 2.05) is 67.1 Å². The first-order valence-corrected chi connectivity index (χ1v) is 10.8. The molecule has 0 atom stereocenters. The molecule has 0 aliphatic carbocycles. The Hall–Kier alpha value is -2.58. The number of amides is 2. The molecule has 2 aromatic carbocycles. The number of halogens is 1. The van der Waals surface area contributed by atoms with Gasteiger partial charge in [-0.3, -0.25) is 14.2 Å². The predicted octanol–water partition coefficient (Wildman–Crippen LogP) is 4.10. The van der Waals surface area contributed by atoms with Crippen LogP contribution in [-0.2, 0) is 9.59 Å². The molecule has 3 rings (SSSR count). The molecule has 0 saturated heterocycles. The van der Waals surface area contributed by atoms with E-state index in [0.717, 1.165) is 32.1 Å². The first-order chi connectivity index (χ1) is 13.9. The summed E-state index contributed by atoms with van der Waals surface area (Å²) in [6.07, 6.45) is 3.58. The average Bonchev–Trinajstić information content (AvgIpc) is 3.15. The second-order valence-corrected chi connectivity index (χ2v) is 8.30. The number of hydrogen-bond acceptors (Lipinski definition) is 4. The second kappa shape index (κ2) is 9.76. The molecule has 1 aromatic heterocycles. The number of hydrogen-bond donors (Lipinski definition) is 2. The van der Waals surface area contributed by atoms with Crippen LogP contribution < -0.4 is 10.6 Å². The summed E-state index contributed by atoms with van der Waals surface area (Å²) < 4.78 is 2.90. The van der Waals surface area contributed by atoms with E-state index in [2.05, 4.69) is 31.5 Å². The fraction of sp³-hybridized carbons (Fsp3) is 0.190. The van der Waals surface area contributed by atoms with E-state index < -0.39 is 0 Å². The van der Waals surface area contributed by atoms with Crippen molar-refractivity contribution in [1.82, 2.24) is 14.9 Å². The molecule has 2 amide bonds. The van der Waals surface area contributed by atoms with Crippen molar-refractivity contribution in [3.05, 3.63) is 70.5 Å². The van der Waals surface area contributed by atoms with E-state index in [4.69, 9.17) is 0 Å². The van der Waals surface area contributed by atoms with Crippen molar-refractivity contribution in [2.24, 2.45) is 0 Å². The number of thioether (sulfide) groups is 1. The number of imidazole rings is 1. The first-order valence-electron chi connectivity index (χ1n) is 8.99. The summed E-state index contributed by atoms with van der Waals surface area (Å²) in [7, 11) is 0. The quantitative estimate of drug-likeness (QED) is 0.507. The van der Waals surface area contributed by atoms with Crippen LogP contribution in [-0.4, -0.2) is 33.7 Å². The van der Waals surface area contributed by atoms with Gasteiger partial charge in [-0.1, -0.05) is 45.9 Å². The van der Waals surface area contributed by atoms with Crippen LogP contribution in [0, 0.1) is 13.8 Å². The summed E-state index contributed by atoms with van der Waals surface area (Å²) in [4.78, 5) is 28.6. The van der Waals surface area contributed by atoms with E-state index in [1.54, 1.807) is 6.20 Å². The summed E-state index contributed by atoms with van der Waals surface area (Å²) in [5.74, 6) is -0.319. The normalized spacial score (nSPS) is 10.6. The van der Waals surface area contributed by atoms with Crippen molar-refractivity contribution in [3.8, 4) is 5.69 Å². The molecule has 29 heavy (non-hydrogen) atoms. The van der Waals surface area contributed by atoms with Crippen LogP contribution in [0.1, 0.15) is 11.1 Å². The Labute approximate surface area is 182 Å². The minimum absolute atomic E-state index is 0.0822. The Morgan fingerprint density at radius 1 is 1.10 bits per heavy atom. The molecule has 0 saturated carbocycles. The fourth-order valence-electron chi connectivity index (χ4n) is 2.74. The van der Waals surface area contributed by atoms with Crippen LogP contribution in [0.5, 0.6) is 0 Å². The smallest absolute Gasteiger partial charge is 0.243 e. The van der Waals surface area contributed by atoms with Crippen molar-refractivity contribution in [2.45, 2.75) is 19.0 Å². The van der Waals surface area contributed by atoms with Crippen molar-refractivity contribution in [3.63, 3.8) is 0 Å². The van der Waals surface area contributed by atoms with E-state index in [-0.39, 0.29) is 24.1 Å². The molecule has 150 valence electrons. The standard InChI is InChI=1S/C21H21BrN4O2S/c1-14-5-3-4-6-18(14)26-10-9-23-21(26)29-13-20(28)24-12-19(27)25-17-8-7-16(22)11-15(17)2/h3-11H,12-13H2,1-2H3,(H,24,28)(H,25,27). The van der Waals surface area contributed by atoms with Crippen LogP contribution in [0.2, 0.25) is 0 Å². The SMILES string of the molecule is Cc1cc(Br)ccc1NC(=O)CNC(=O)CSc1nccn1-c1ccccc1C. The number of aryl methyl sites for hydroxylation is 2. The molecule has 0 aliphatic rings. The van der Waals surface area contributed by atoms with E-state index in [9.17, 15) is 9.59 Å². The highest BCUT2D eigenvalue weighted by Crippen LogP contribution is 2.22. The third kappa shape index (κ3) is 5.71. The fourth-order valence-corrected chi connectivity index (χ4v) is 4.01. The highest BCUT2D eigenvalue weighted by Gasteiger charge is 2.12. The van der Waals surface area contributed by atoms with Crippen LogP contribution in [0.15, 0.2) is 64.5 Å². The zero-order valence-corrected chi connectivity index (χ0v) is 18.5. The summed E-state index contributed by atoms with van der Waals surface area (Å²) >= 11 is 4.72. The van der Waals surface area contributed by atoms with Gasteiger partial charge in [-0.25, -0.2) is 4.98 Å². The Morgan fingerprint density at radius 3 is 2.66 bits per heavy atom.